The third kappa shape index (κ3) is 3.04. The summed E-state index contributed by atoms with van der Waals surface area (Å²) in [6.07, 6.45) is 0.605. The lowest BCUT2D eigenvalue weighted by Crippen LogP contribution is -2.43. The Morgan fingerprint density at radius 1 is 1.56 bits per heavy atom. The number of carboxylic acid groups (broad SMARTS) is 1. The highest BCUT2D eigenvalue weighted by Gasteiger charge is 2.23. The van der Waals surface area contributed by atoms with E-state index in [9.17, 15) is 14.4 Å². The van der Waals surface area contributed by atoms with Gasteiger partial charge in [0.15, 0.2) is 0 Å². The molecule has 86 valence electrons. The average Bonchev–Trinajstić information content (AvgIpc) is 2.68. The number of nitrogens with zero attached hydrogens (tertiary/aromatic N) is 2. The van der Waals surface area contributed by atoms with Crippen molar-refractivity contribution in [3.05, 3.63) is 12.2 Å². The SMILES string of the molecule is NC(=O)C[C@@H](NC(=O)c1ncn[nH]1)C(=O)O. The smallest absolute Gasteiger partial charge is 0.326 e. The van der Waals surface area contributed by atoms with Gasteiger partial charge in [0, 0.05) is 0 Å². The van der Waals surface area contributed by atoms with Crippen molar-refractivity contribution in [3.63, 3.8) is 0 Å². The van der Waals surface area contributed by atoms with Gasteiger partial charge >= 0.3 is 5.97 Å². The van der Waals surface area contributed by atoms with E-state index >= 15 is 0 Å². The summed E-state index contributed by atoms with van der Waals surface area (Å²) in [5.74, 6) is -3.10. The molecule has 5 N–H and O–H groups in total. The van der Waals surface area contributed by atoms with E-state index in [0.29, 0.717) is 0 Å². The molecule has 1 heterocycles. The fourth-order valence-corrected chi connectivity index (χ4v) is 0.943. The summed E-state index contributed by atoms with van der Waals surface area (Å²) in [4.78, 5) is 36.1. The number of carbonyl (C=O) groups is 3. The molecule has 2 amide bonds. The molecule has 0 unspecified atom stereocenters. The molecule has 1 aromatic rings. The van der Waals surface area contributed by atoms with Crippen molar-refractivity contribution in [2.24, 2.45) is 5.73 Å². The van der Waals surface area contributed by atoms with E-state index in [1.165, 1.54) is 0 Å². The van der Waals surface area contributed by atoms with E-state index in [4.69, 9.17) is 10.8 Å². The van der Waals surface area contributed by atoms with Crippen molar-refractivity contribution in [2.75, 3.05) is 0 Å². The molecule has 9 heteroatoms. The second-order valence-electron chi connectivity index (χ2n) is 2.87. The molecule has 0 bridgehead atoms. The summed E-state index contributed by atoms with van der Waals surface area (Å²) in [7, 11) is 0. The quantitative estimate of drug-likeness (QED) is 0.450. The molecule has 16 heavy (non-hydrogen) atoms. The van der Waals surface area contributed by atoms with E-state index in [0.717, 1.165) is 6.33 Å². The van der Waals surface area contributed by atoms with Gasteiger partial charge in [-0.05, 0) is 0 Å². The van der Waals surface area contributed by atoms with Gasteiger partial charge in [-0.3, -0.25) is 14.7 Å². The second kappa shape index (κ2) is 4.87. The van der Waals surface area contributed by atoms with E-state index in [1.54, 1.807) is 0 Å². The Labute approximate surface area is 89.0 Å². The van der Waals surface area contributed by atoms with Crippen molar-refractivity contribution in [3.8, 4) is 0 Å². The molecular weight excluding hydrogens is 218 g/mol. The van der Waals surface area contributed by atoms with Gasteiger partial charge in [-0.25, -0.2) is 9.78 Å². The standard InChI is InChI=1S/C7H9N5O4/c8-4(13)1-3(7(15)16)11-6(14)5-9-2-10-12-5/h2-3H,1H2,(H2,8,13)(H,11,14)(H,15,16)(H,9,10,12)/t3-/m1/s1. The Bertz CT molecular complexity index is 401. The maximum absolute atomic E-state index is 11.3. The van der Waals surface area contributed by atoms with Gasteiger partial charge in [-0.2, -0.15) is 5.10 Å². The lowest BCUT2D eigenvalue weighted by atomic mass is 10.2. The number of nitrogens with one attached hydrogen (secondary N) is 2. The van der Waals surface area contributed by atoms with Gasteiger partial charge in [-0.15, -0.1) is 0 Å². The topological polar surface area (TPSA) is 151 Å². The van der Waals surface area contributed by atoms with Crippen LogP contribution in [0.2, 0.25) is 0 Å². The molecule has 0 fully saturated rings. The number of carboxylic acids is 1. The van der Waals surface area contributed by atoms with Crippen LogP contribution in [0.25, 0.3) is 0 Å². The number of amides is 2. The van der Waals surface area contributed by atoms with Gasteiger partial charge in [0.1, 0.15) is 12.4 Å². The van der Waals surface area contributed by atoms with Crippen LogP contribution in [0, 0.1) is 0 Å². The van der Waals surface area contributed by atoms with Gasteiger partial charge in [-0.1, -0.05) is 0 Å². The summed E-state index contributed by atoms with van der Waals surface area (Å²) >= 11 is 0. The van der Waals surface area contributed by atoms with Crippen molar-refractivity contribution >= 4 is 17.8 Å². The van der Waals surface area contributed by atoms with Crippen LogP contribution in [0.3, 0.4) is 0 Å². The molecule has 1 rings (SSSR count). The highest BCUT2D eigenvalue weighted by molar-refractivity contribution is 5.94. The number of aromatic nitrogens is 3. The van der Waals surface area contributed by atoms with Crippen LogP contribution in [0.5, 0.6) is 0 Å². The van der Waals surface area contributed by atoms with Gasteiger partial charge in [0.05, 0.1) is 6.42 Å². The number of H-pyrrole nitrogens is 1. The summed E-state index contributed by atoms with van der Waals surface area (Å²) in [6, 6.07) is -1.38. The van der Waals surface area contributed by atoms with Gasteiger partial charge in [0.2, 0.25) is 11.7 Å². The minimum atomic E-state index is -1.38. The fraction of sp³-hybridized carbons (Fsp3) is 0.286. The fourth-order valence-electron chi connectivity index (χ4n) is 0.943. The number of nitrogens with two attached hydrogens (primary N) is 1. The third-order valence-corrected chi connectivity index (χ3v) is 1.64. The molecule has 0 saturated carbocycles. The van der Waals surface area contributed by atoms with Crippen molar-refractivity contribution in [2.45, 2.75) is 12.5 Å². The minimum absolute atomic E-state index is 0.143. The zero-order valence-electron chi connectivity index (χ0n) is 8.01. The molecule has 0 aromatic carbocycles. The highest BCUT2D eigenvalue weighted by Crippen LogP contribution is 1.94. The van der Waals surface area contributed by atoms with E-state index in [-0.39, 0.29) is 5.82 Å². The summed E-state index contributed by atoms with van der Waals surface area (Å²) < 4.78 is 0. The first-order valence-electron chi connectivity index (χ1n) is 4.18. The molecule has 0 aliphatic heterocycles. The first-order chi connectivity index (χ1) is 7.50. The molecule has 0 aliphatic carbocycles. The van der Waals surface area contributed by atoms with Gasteiger partial charge in [0.25, 0.3) is 5.91 Å². The Morgan fingerprint density at radius 2 is 2.25 bits per heavy atom. The zero-order chi connectivity index (χ0) is 12.1. The van der Waals surface area contributed by atoms with E-state index in [1.807, 2.05) is 0 Å². The van der Waals surface area contributed by atoms with Crippen molar-refractivity contribution in [1.82, 2.24) is 20.5 Å². The maximum Gasteiger partial charge on any atom is 0.326 e. The maximum atomic E-state index is 11.3. The third-order valence-electron chi connectivity index (χ3n) is 1.64. The molecule has 0 saturated heterocycles. The van der Waals surface area contributed by atoms with Crippen LogP contribution >= 0.6 is 0 Å². The molecule has 1 atom stereocenters. The largest absolute Gasteiger partial charge is 0.480 e. The summed E-state index contributed by atoms with van der Waals surface area (Å²) in [6.45, 7) is 0. The number of primary amides is 1. The number of rotatable bonds is 5. The Kier molecular flexibility index (Phi) is 3.53. The van der Waals surface area contributed by atoms with Crippen molar-refractivity contribution in [1.29, 1.82) is 0 Å². The normalized spacial score (nSPS) is 11.8. The van der Waals surface area contributed by atoms with Crippen LogP contribution in [0.4, 0.5) is 0 Å². The molecule has 0 radical (unpaired) electrons. The van der Waals surface area contributed by atoms with E-state index < -0.39 is 30.2 Å². The Hall–Kier alpha value is -2.45. The number of aliphatic carboxylic acids is 1. The molecule has 1 aromatic heterocycles. The van der Waals surface area contributed by atoms with Crippen LogP contribution in [-0.4, -0.2) is 44.1 Å². The van der Waals surface area contributed by atoms with Crippen LogP contribution < -0.4 is 11.1 Å². The lowest BCUT2D eigenvalue weighted by molar-refractivity contribution is -0.140. The van der Waals surface area contributed by atoms with Crippen molar-refractivity contribution < 1.29 is 19.5 Å². The number of carbonyl (C=O) groups excluding carboxylic acids is 2. The average molecular weight is 227 g/mol. The monoisotopic (exact) mass is 227 g/mol. The Morgan fingerprint density at radius 3 is 2.69 bits per heavy atom. The molecular formula is C7H9N5O4. The highest BCUT2D eigenvalue weighted by atomic mass is 16.4. The van der Waals surface area contributed by atoms with E-state index in [2.05, 4.69) is 20.5 Å². The number of aromatic amines is 1. The second-order valence-corrected chi connectivity index (χ2v) is 2.87. The number of hydrogen-bond acceptors (Lipinski definition) is 5. The van der Waals surface area contributed by atoms with Crippen LogP contribution in [0.1, 0.15) is 17.0 Å². The minimum Gasteiger partial charge on any atom is -0.480 e. The molecule has 0 aliphatic rings. The van der Waals surface area contributed by atoms with Gasteiger partial charge < -0.3 is 16.2 Å². The summed E-state index contributed by atoms with van der Waals surface area (Å²) in [5, 5.41) is 16.4. The predicted molar refractivity (Wildman–Crippen MR) is 49.1 cm³/mol. The zero-order valence-corrected chi connectivity index (χ0v) is 8.01. The predicted octanol–water partition coefficient (Wildman–Crippen LogP) is -2.14. The first-order valence-corrected chi connectivity index (χ1v) is 4.18. The number of hydrogen-bond donors (Lipinski definition) is 4. The summed E-state index contributed by atoms with van der Waals surface area (Å²) in [5.41, 5.74) is 4.84. The van der Waals surface area contributed by atoms with Crippen LogP contribution in [0.15, 0.2) is 6.33 Å². The lowest BCUT2D eigenvalue weighted by Gasteiger charge is -2.10. The first kappa shape index (κ1) is 11.6. The van der Waals surface area contributed by atoms with Crippen LogP contribution in [-0.2, 0) is 9.59 Å². The molecule has 9 nitrogen and oxygen atoms in total. The molecule has 0 spiro atoms. The Balaban J connectivity index is 2.65.